The van der Waals surface area contributed by atoms with Gasteiger partial charge in [0.1, 0.15) is 5.58 Å². The van der Waals surface area contributed by atoms with Crippen LogP contribution < -0.4 is 5.32 Å². The Morgan fingerprint density at radius 1 is 1.41 bits per heavy atom. The Hall–Kier alpha value is -1.03. The summed E-state index contributed by atoms with van der Waals surface area (Å²) in [6.07, 6.45) is 0. The summed E-state index contributed by atoms with van der Waals surface area (Å²) in [7, 11) is 0. The molecule has 0 aliphatic rings. The second-order valence-corrected chi connectivity index (χ2v) is 4.61. The van der Waals surface area contributed by atoms with Crippen molar-refractivity contribution in [3.63, 3.8) is 0 Å². The average Bonchev–Trinajstić information content (AvgIpc) is 2.66. The van der Waals surface area contributed by atoms with Crippen molar-refractivity contribution in [3.8, 4) is 0 Å². The third-order valence-electron chi connectivity index (χ3n) is 2.76. The maximum absolute atomic E-state index is 8.93. The van der Waals surface area contributed by atoms with Gasteiger partial charge in [-0.2, -0.15) is 0 Å². The van der Waals surface area contributed by atoms with Crippen LogP contribution in [0.15, 0.2) is 28.7 Å². The number of para-hydroxylation sites is 1. The summed E-state index contributed by atoms with van der Waals surface area (Å²) in [5.41, 5.74) is 1.79. The quantitative estimate of drug-likeness (QED) is 0.861. The van der Waals surface area contributed by atoms with Gasteiger partial charge in [0.15, 0.2) is 5.22 Å². The predicted octanol–water partition coefficient (Wildman–Crippen LogP) is 2.80. The lowest BCUT2D eigenvalue weighted by Crippen LogP contribution is -2.22. The molecule has 0 aliphatic carbocycles. The molecule has 0 spiro atoms. The lowest BCUT2D eigenvalue weighted by molar-refractivity contribution is 0.233. The summed E-state index contributed by atoms with van der Waals surface area (Å²) < 4.78 is 5.46. The number of aliphatic hydroxyl groups excluding tert-OH is 1. The number of hydrogen-bond acceptors (Lipinski definition) is 3. The van der Waals surface area contributed by atoms with Gasteiger partial charge in [-0.05, 0) is 23.6 Å². The second kappa shape index (κ2) is 5.54. The Kier molecular flexibility index (Phi) is 4.05. The molecule has 1 unspecified atom stereocenters. The van der Waals surface area contributed by atoms with Gasteiger partial charge in [0.05, 0.1) is 0 Å². The Morgan fingerprint density at radius 3 is 2.94 bits per heavy atom. The van der Waals surface area contributed by atoms with Crippen LogP contribution >= 0.6 is 11.6 Å². The van der Waals surface area contributed by atoms with Crippen LogP contribution in [0.3, 0.4) is 0 Å². The SMILES string of the molecule is CC(CO)CNCc1c(Cl)oc2ccccc12. The molecule has 0 amide bonds. The Labute approximate surface area is 105 Å². The van der Waals surface area contributed by atoms with E-state index in [1.165, 1.54) is 0 Å². The van der Waals surface area contributed by atoms with Crippen molar-refractivity contribution in [2.75, 3.05) is 13.2 Å². The third-order valence-corrected chi connectivity index (χ3v) is 3.06. The lowest BCUT2D eigenvalue weighted by atomic mass is 10.1. The van der Waals surface area contributed by atoms with Gasteiger partial charge in [0, 0.05) is 30.6 Å². The number of nitrogens with one attached hydrogen (secondary N) is 1. The number of hydrogen-bond donors (Lipinski definition) is 2. The minimum absolute atomic E-state index is 0.187. The molecule has 2 N–H and O–H groups in total. The molecule has 3 nitrogen and oxygen atoms in total. The highest BCUT2D eigenvalue weighted by Crippen LogP contribution is 2.29. The number of benzene rings is 1. The average molecular weight is 254 g/mol. The molecule has 17 heavy (non-hydrogen) atoms. The van der Waals surface area contributed by atoms with Gasteiger partial charge in [-0.1, -0.05) is 25.1 Å². The van der Waals surface area contributed by atoms with Gasteiger partial charge in [-0.25, -0.2) is 0 Å². The number of fused-ring (bicyclic) bond motifs is 1. The maximum atomic E-state index is 8.93. The zero-order chi connectivity index (χ0) is 12.3. The van der Waals surface area contributed by atoms with Crippen molar-refractivity contribution >= 4 is 22.6 Å². The van der Waals surface area contributed by atoms with Crippen LogP contribution in [0.4, 0.5) is 0 Å². The van der Waals surface area contributed by atoms with E-state index >= 15 is 0 Å². The zero-order valence-electron chi connectivity index (χ0n) is 9.74. The molecule has 1 aromatic carbocycles. The minimum Gasteiger partial charge on any atom is -0.444 e. The highest BCUT2D eigenvalue weighted by atomic mass is 35.5. The van der Waals surface area contributed by atoms with E-state index in [1.807, 2.05) is 31.2 Å². The van der Waals surface area contributed by atoms with Crippen LogP contribution in [0.2, 0.25) is 5.22 Å². The highest BCUT2D eigenvalue weighted by molar-refractivity contribution is 6.30. The zero-order valence-corrected chi connectivity index (χ0v) is 10.5. The van der Waals surface area contributed by atoms with Gasteiger partial charge in [0.25, 0.3) is 0 Å². The minimum atomic E-state index is 0.187. The smallest absolute Gasteiger partial charge is 0.199 e. The fraction of sp³-hybridized carbons (Fsp3) is 0.385. The first-order valence-electron chi connectivity index (χ1n) is 5.70. The molecule has 0 saturated carbocycles. The van der Waals surface area contributed by atoms with Crippen molar-refractivity contribution < 1.29 is 9.52 Å². The molecule has 0 fully saturated rings. The summed E-state index contributed by atoms with van der Waals surface area (Å²) in [6, 6.07) is 7.79. The molecule has 1 aromatic heterocycles. The summed E-state index contributed by atoms with van der Waals surface area (Å²) >= 11 is 6.06. The van der Waals surface area contributed by atoms with Gasteiger partial charge < -0.3 is 14.8 Å². The molecule has 0 saturated heterocycles. The van der Waals surface area contributed by atoms with Crippen LogP contribution in [0.1, 0.15) is 12.5 Å². The molecule has 2 rings (SSSR count). The predicted molar refractivity (Wildman–Crippen MR) is 69.2 cm³/mol. The first-order chi connectivity index (χ1) is 8.22. The van der Waals surface area contributed by atoms with Gasteiger partial charge >= 0.3 is 0 Å². The molecule has 2 aromatic rings. The number of furan rings is 1. The molecule has 1 heterocycles. The van der Waals surface area contributed by atoms with E-state index in [1.54, 1.807) is 0 Å². The van der Waals surface area contributed by atoms with Crippen molar-refractivity contribution in [3.05, 3.63) is 35.0 Å². The van der Waals surface area contributed by atoms with Gasteiger partial charge in [-0.3, -0.25) is 0 Å². The number of aliphatic hydroxyl groups is 1. The Morgan fingerprint density at radius 2 is 2.18 bits per heavy atom. The van der Waals surface area contributed by atoms with E-state index in [0.29, 0.717) is 11.8 Å². The van der Waals surface area contributed by atoms with Crippen LogP contribution in [-0.2, 0) is 6.54 Å². The van der Waals surface area contributed by atoms with E-state index in [0.717, 1.165) is 23.1 Å². The first kappa shape index (κ1) is 12.4. The van der Waals surface area contributed by atoms with Crippen molar-refractivity contribution in [2.24, 2.45) is 5.92 Å². The van der Waals surface area contributed by atoms with Crippen LogP contribution in [0, 0.1) is 5.92 Å². The van der Waals surface area contributed by atoms with E-state index in [-0.39, 0.29) is 12.5 Å². The highest BCUT2D eigenvalue weighted by Gasteiger charge is 2.11. The molecule has 1 atom stereocenters. The molecular weight excluding hydrogens is 238 g/mol. The maximum Gasteiger partial charge on any atom is 0.199 e. The van der Waals surface area contributed by atoms with E-state index in [4.69, 9.17) is 21.1 Å². The summed E-state index contributed by atoms with van der Waals surface area (Å²) in [5, 5.41) is 13.7. The fourth-order valence-electron chi connectivity index (χ4n) is 1.74. The van der Waals surface area contributed by atoms with Crippen LogP contribution in [0.5, 0.6) is 0 Å². The van der Waals surface area contributed by atoms with Crippen molar-refractivity contribution in [2.45, 2.75) is 13.5 Å². The van der Waals surface area contributed by atoms with Crippen molar-refractivity contribution in [1.29, 1.82) is 0 Å². The second-order valence-electron chi connectivity index (χ2n) is 4.27. The third kappa shape index (κ3) is 2.80. The standard InChI is InChI=1S/C13H16ClNO2/c1-9(8-16)6-15-7-11-10-4-2-3-5-12(10)17-13(11)14/h2-5,9,15-16H,6-8H2,1H3. The molecular formula is C13H16ClNO2. The summed E-state index contributed by atoms with van der Waals surface area (Å²) in [5.74, 6) is 0.243. The van der Waals surface area contributed by atoms with E-state index in [9.17, 15) is 0 Å². The van der Waals surface area contributed by atoms with Gasteiger partial charge in [0.2, 0.25) is 0 Å². The van der Waals surface area contributed by atoms with Crippen molar-refractivity contribution in [1.82, 2.24) is 5.32 Å². The van der Waals surface area contributed by atoms with Crippen LogP contribution in [0.25, 0.3) is 11.0 Å². The lowest BCUT2D eigenvalue weighted by Gasteiger charge is -2.08. The first-order valence-corrected chi connectivity index (χ1v) is 6.07. The normalized spacial score (nSPS) is 13.1. The molecule has 4 heteroatoms. The number of halogens is 1. The topological polar surface area (TPSA) is 45.4 Å². The van der Waals surface area contributed by atoms with Gasteiger partial charge in [-0.15, -0.1) is 0 Å². The summed E-state index contributed by atoms with van der Waals surface area (Å²) in [6.45, 7) is 3.58. The molecule has 0 bridgehead atoms. The Balaban J connectivity index is 2.10. The molecule has 0 aliphatic heterocycles. The Bertz CT molecular complexity index is 495. The van der Waals surface area contributed by atoms with E-state index in [2.05, 4.69) is 5.32 Å². The summed E-state index contributed by atoms with van der Waals surface area (Å²) in [4.78, 5) is 0. The largest absolute Gasteiger partial charge is 0.444 e. The monoisotopic (exact) mass is 253 g/mol. The molecule has 92 valence electrons. The number of rotatable bonds is 5. The van der Waals surface area contributed by atoms with E-state index < -0.39 is 0 Å². The van der Waals surface area contributed by atoms with Crippen LogP contribution in [-0.4, -0.2) is 18.3 Å². The fourth-order valence-corrected chi connectivity index (χ4v) is 1.99. The molecule has 0 radical (unpaired) electrons.